The topological polar surface area (TPSA) is 17.0 Å². The second kappa shape index (κ2) is 10.2. The largest absolute Gasteiger partial charge is 0.350 e. The van der Waals surface area contributed by atoms with Crippen LogP contribution in [0, 0.1) is 0 Å². The van der Waals surface area contributed by atoms with Crippen molar-refractivity contribution in [1.29, 1.82) is 0 Å². The second-order valence-electron chi connectivity index (χ2n) is 5.14. The summed E-state index contributed by atoms with van der Waals surface area (Å²) < 4.78 is 2.41. The first kappa shape index (κ1) is 15.3. The smallest absolute Gasteiger partial charge is 0.0359 e. The van der Waals surface area contributed by atoms with Gasteiger partial charge >= 0.3 is 0 Å². The Bertz CT molecular complexity index is 291. The number of nitrogens with one attached hydrogen (secondary N) is 1. The summed E-state index contributed by atoms with van der Waals surface area (Å²) in [6, 6.07) is 4.40. The van der Waals surface area contributed by atoms with Crippen LogP contribution < -0.4 is 5.32 Å². The van der Waals surface area contributed by atoms with Crippen molar-refractivity contribution in [2.75, 3.05) is 6.54 Å². The maximum absolute atomic E-state index is 3.48. The van der Waals surface area contributed by atoms with E-state index in [-0.39, 0.29) is 0 Å². The third-order valence-electron chi connectivity index (χ3n) is 3.41. The molecule has 0 aliphatic carbocycles. The van der Waals surface area contributed by atoms with Gasteiger partial charge in [-0.1, -0.05) is 46.0 Å². The molecule has 1 N–H and O–H groups in total. The molecule has 0 aliphatic heterocycles. The lowest BCUT2D eigenvalue weighted by Crippen LogP contribution is -2.16. The molecule has 1 aromatic rings. The number of hydrogen-bond donors (Lipinski definition) is 1. The lowest BCUT2D eigenvalue weighted by Gasteiger charge is -2.10. The first-order valence-corrected chi connectivity index (χ1v) is 7.73. The molecule has 1 rings (SSSR count). The van der Waals surface area contributed by atoms with Crippen molar-refractivity contribution < 1.29 is 0 Å². The van der Waals surface area contributed by atoms with Gasteiger partial charge in [0.2, 0.25) is 0 Å². The van der Waals surface area contributed by atoms with E-state index in [4.69, 9.17) is 0 Å². The van der Waals surface area contributed by atoms with Crippen molar-refractivity contribution in [1.82, 2.24) is 9.88 Å². The van der Waals surface area contributed by atoms with Crippen LogP contribution in [0.5, 0.6) is 0 Å². The molecule has 0 unspecified atom stereocenters. The molecule has 1 heterocycles. The molecule has 0 atom stereocenters. The molecule has 0 aromatic carbocycles. The maximum atomic E-state index is 3.48. The first-order valence-electron chi connectivity index (χ1n) is 7.73. The van der Waals surface area contributed by atoms with Crippen LogP contribution in [0.4, 0.5) is 0 Å². The van der Waals surface area contributed by atoms with E-state index in [0.29, 0.717) is 0 Å². The molecule has 0 radical (unpaired) electrons. The fraction of sp³-hybridized carbons (Fsp3) is 0.750. The Morgan fingerprint density at radius 1 is 1.00 bits per heavy atom. The number of hydrogen-bond acceptors (Lipinski definition) is 1. The van der Waals surface area contributed by atoms with E-state index < -0.39 is 0 Å². The standard InChI is InChI=1S/C16H30N2/c1-3-5-6-7-8-9-13-18-14-10-11-16(18)15-17-12-4-2/h10-11,14,17H,3-9,12-13,15H2,1-2H3. The summed E-state index contributed by atoms with van der Waals surface area (Å²) >= 11 is 0. The molecule has 2 nitrogen and oxygen atoms in total. The summed E-state index contributed by atoms with van der Waals surface area (Å²) in [4.78, 5) is 0. The van der Waals surface area contributed by atoms with E-state index in [1.807, 2.05) is 0 Å². The summed E-state index contributed by atoms with van der Waals surface area (Å²) in [5, 5.41) is 3.48. The fourth-order valence-electron chi connectivity index (χ4n) is 2.28. The van der Waals surface area contributed by atoms with E-state index in [1.165, 1.54) is 57.2 Å². The Kier molecular flexibility index (Phi) is 8.66. The minimum atomic E-state index is 1.01. The molecule has 0 saturated carbocycles. The van der Waals surface area contributed by atoms with Crippen LogP contribution in [-0.4, -0.2) is 11.1 Å². The minimum Gasteiger partial charge on any atom is -0.350 e. The number of unbranched alkanes of at least 4 members (excludes halogenated alkanes) is 5. The van der Waals surface area contributed by atoms with Crippen LogP contribution in [-0.2, 0) is 13.1 Å². The molecule has 0 amide bonds. The zero-order valence-electron chi connectivity index (χ0n) is 12.3. The Hall–Kier alpha value is -0.760. The average Bonchev–Trinajstić information content (AvgIpc) is 2.82. The van der Waals surface area contributed by atoms with E-state index in [1.54, 1.807) is 0 Å². The van der Waals surface area contributed by atoms with Gasteiger partial charge in [-0.2, -0.15) is 0 Å². The first-order chi connectivity index (χ1) is 8.88. The van der Waals surface area contributed by atoms with Gasteiger partial charge in [0.15, 0.2) is 0 Å². The number of nitrogens with zero attached hydrogens (tertiary/aromatic N) is 1. The highest BCUT2D eigenvalue weighted by atomic mass is 15.0. The minimum absolute atomic E-state index is 1.01. The van der Waals surface area contributed by atoms with Gasteiger partial charge in [-0.25, -0.2) is 0 Å². The van der Waals surface area contributed by atoms with Crippen LogP contribution in [0.25, 0.3) is 0 Å². The normalized spacial score (nSPS) is 11.0. The van der Waals surface area contributed by atoms with E-state index in [0.717, 1.165) is 13.1 Å². The van der Waals surface area contributed by atoms with Crippen LogP contribution in [0.2, 0.25) is 0 Å². The van der Waals surface area contributed by atoms with Crippen molar-refractivity contribution in [3.8, 4) is 0 Å². The highest BCUT2D eigenvalue weighted by Gasteiger charge is 1.99. The van der Waals surface area contributed by atoms with Crippen LogP contribution in [0.15, 0.2) is 18.3 Å². The quantitative estimate of drug-likeness (QED) is 0.578. The van der Waals surface area contributed by atoms with Gasteiger partial charge in [0.05, 0.1) is 0 Å². The number of aromatic nitrogens is 1. The molecular formula is C16H30N2. The molecule has 0 fully saturated rings. The maximum Gasteiger partial charge on any atom is 0.0359 e. The fourth-order valence-corrected chi connectivity index (χ4v) is 2.28. The average molecular weight is 250 g/mol. The van der Waals surface area contributed by atoms with Gasteiger partial charge in [-0.15, -0.1) is 0 Å². The molecule has 0 aliphatic rings. The summed E-state index contributed by atoms with van der Waals surface area (Å²) in [7, 11) is 0. The zero-order valence-corrected chi connectivity index (χ0v) is 12.3. The Balaban J connectivity index is 2.15. The third kappa shape index (κ3) is 6.25. The molecule has 0 saturated heterocycles. The Morgan fingerprint density at radius 3 is 2.56 bits per heavy atom. The van der Waals surface area contributed by atoms with Crippen LogP contribution in [0.3, 0.4) is 0 Å². The van der Waals surface area contributed by atoms with Crippen molar-refractivity contribution in [3.05, 3.63) is 24.0 Å². The number of aryl methyl sites for hydroxylation is 1. The van der Waals surface area contributed by atoms with Crippen LogP contribution in [0.1, 0.15) is 64.5 Å². The molecule has 0 bridgehead atoms. The molecule has 0 spiro atoms. The SMILES string of the molecule is CCCCCCCCn1cccc1CNCCC. The van der Waals surface area contributed by atoms with Gasteiger partial charge in [0.1, 0.15) is 0 Å². The summed E-state index contributed by atoms with van der Waals surface area (Å²) in [6.45, 7) is 7.79. The van der Waals surface area contributed by atoms with Crippen molar-refractivity contribution >= 4 is 0 Å². The van der Waals surface area contributed by atoms with Gasteiger partial charge < -0.3 is 9.88 Å². The van der Waals surface area contributed by atoms with Crippen molar-refractivity contribution in [2.45, 2.75) is 71.9 Å². The lowest BCUT2D eigenvalue weighted by atomic mass is 10.1. The highest BCUT2D eigenvalue weighted by Crippen LogP contribution is 2.08. The summed E-state index contributed by atoms with van der Waals surface area (Å²) in [5.74, 6) is 0. The monoisotopic (exact) mass is 250 g/mol. The van der Waals surface area contributed by atoms with E-state index in [2.05, 4.69) is 42.1 Å². The van der Waals surface area contributed by atoms with Crippen molar-refractivity contribution in [3.63, 3.8) is 0 Å². The third-order valence-corrected chi connectivity index (χ3v) is 3.41. The Labute approximate surface area is 113 Å². The zero-order chi connectivity index (χ0) is 13.1. The van der Waals surface area contributed by atoms with Gasteiger partial charge in [-0.3, -0.25) is 0 Å². The molecule has 2 heteroatoms. The van der Waals surface area contributed by atoms with Gasteiger partial charge in [0, 0.05) is 25.0 Å². The van der Waals surface area contributed by atoms with E-state index in [9.17, 15) is 0 Å². The molecular weight excluding hydrogens is 220 g/mol. The molecule has 104 valence electrons. The van der Waals surface area contributed by atoms with Gasteiger partial charge in [-0.05, 0) is 31.5 Å². The highest BCUT2D eigenvalue weighted by molar-refractivity contribution is 5.06. The summed E-state index contributed by atoms with van der Waals surface area (Å²) in [6.07, 6.45) is 11.7. The van der Waals surface area contributed by atoms with E-state index >= 15 is 0 Å². The van der Waals surface area contributed by atoms with Gasteiger partial charge in [0.25, 0.3) is 0 Å². The lowest BCUT2D eigenvalue weighted by molar-refractivity contribution is 0.539. The predicted octanol–water partition coefficient (Wildman–Crippen LogP) is 4.35. The molecule has 18 heavy (non-hydrogen) atoms. The predicted molar refractivity (Wildman–Crippen MR) is 79.8 cm³/mol. The van der Waals surface area contributed by atoms with Crippen molar-refractivity contribution in [2.24, 2.45) is 0 Å². The van der Waals surface area contributed by atoms with Crippen LogP contribution >= 0.6 is 0 Å². The Morgan fingerprint density at radius 2 is 1.78 bits per heavy atom. The second-order valence-corrected chi connectivity index (χ2v) is 5.14. The summed E-state index contributed by atoms with van der Waals surface area (Å²) in [5.41, 5.74) is 1.43. The number of rotatable bonds is 11. The molecule has 1 aromatic heterocycles.